The maximum Gasteiger partial charge on any atom is 0.267 e. The van der Waals surface area contributed by atoms with Gasteiger partial charge in [0.2, 0.25) is 5.91 Å². The molecule has 1 aromatic heterocycles. The number of carbonyl (C=O) groups is 1. The zero-order chi connectivity index (χ0) is 19.3. The van der Waals surface area contributed by atoms with Gasteiger partial charge in [0.1, 0.15) is 0 Å². The summed E-state index contributed by atoms with van der Waals surface area (Å²) in [4.78, 5) is 26.7. The summed E-state index contributed by atoms with van der Waals surface area (Å²) in [5.74, 6) is 0.0000912. The Kier molecular flexibility index (Phi) is 5.83. The molecule has 2 aliphatic rings. The first-order valence-electron chi connectivity index (χ1n) is 10.0. The van der Waals surface area contributed by atoms with Crippen LogP contribution in [0.3, 0.4) is 0 Å². The van der Waals surface area contributed by atoms with Crippen molar-refractivity contribution in [3.05, 3.63) is 45.7 Å². The molecule has 7 nitrogen and oxygen atoms in total. The molecule has 1 saturated heterocycles. The highest BCUT2D eigenvalue weighted by Gasteiger charge is 2.19. The van der Waals surface area contributed by atoms with Crippen molar-refractivity contribution >= 4 is 11.6 Å². The van der Waals surface area contributed by atoms with Crippen LogP contribution in [0.15, 0.2) is 29.1 Å². The average molecular weight is 382 g/mol. The molecule has 0 atom stereocenters. The van der Waals surface area contributed by atoms with Gasteiger partial charge in [-0.3, -0.25) is 14.5 Å². The number of hydrogen-bond acceptors (Lipinski definition) is 5. The van der Waals surface area contributed by atoms with Gasteiger partial charge < -0.3 is 10.1 Å². The number of fused-ring (bicyclic) bond motifs is 1. The molecule has 148 valence electrons. The van der Waals surface area contributed by atoms with Gasteiger partial charge in [0.15, 0.2) is 0 Å². The van der Waals surface area contributed by atoms with Crippen molar-refractivity contribution in [2.45, 2.75) is 32.1 Å². The van der Waals surface area contributed by atoms with Crippen LogP contribution in [0.1, 0.15) is 30.4 Å². The van der Waals surface area contributed by atoms with Gasteiger partial charge in [0.05, 0.1) is 18.9 Å². The Morgan fingerprint density at radius 1 is 1.18 bits per heavy atom. The molecule has 0 bridgehead atoms. The molecule has 28 heavy (non-hydrogen) atoms. The van der Waals surface area contributed by atoms with E-state index in [4.69, 9.17) is 4.74 Å². The van der Waals surface area contributed by atoms with Crippen molar-refractivity contribution in [3.8, 4) is 11.3 Å². The van der Waals surface area contributed by atoms with Gasteiger partial charge in [0.25, 0.3) is 5.56 Å². The fraction of sp³-hybridized carbons (Fsp3) is 0.476. The number of aromatic amines is 1. The molecule has 4 rings (SSSR count). The maximum absolute atomic E-state index is 12.3. The molecule has 1 aromatic carbocycles. The Hall–Kier alpha value is -2.51. The Morgan fingerprint density at radius 2 is 1.96 bits per heavy atom. The van der Waals surface area contributed by atoms with Crippen LogP contribution in [0.5, 0.6) is 0 Å². The van der Waals surface area contributed by atoms with E-state index in [1.807, 2.05) is 24.3 Å². The summed E-state index contributed by atoms with van der Waals surface area (Å²) >= 11 is 0. The smallest absolute Gasteiger partial charge is 0.267 e. The molecule has 0 saturated carbocycles. The van der Waals surface area contributed by atoms with Crippen LogP contribution in [0.25, 0.3) is 11.3 Å². The lowest BCUT2D eigenvalue weighted by atomic mass is 9.90. The van der Waals surface area contributed by atoms with E-state index in [0.717, 1.165) is 86.6 Å². The topological polar surface area (TPSA) is 87.3 Å². The summed E-state index contributed by atoms with van der Waals surface area (Å²) in [6, 6.07) is 7.70. The summed E-state index contributed by atoms with van der Waals surface area (Å²) in [5.41, 5.74) is 4.31. The van der Waals surface area contributed by atoms with Crippen LogP contribution in [0.2, 0.25) is 0 Å². The average Bonchev–Trinajstić information content (AvgIpc) is 2.74. The van der Waals surface area contributed by atoms with E-state index in [1.165, 1.54) is 0 Å². The Morgan fingerprint density at radius 3 is 2.79 bits per heavy atom. The van der Waals surface area contributed by atoms with Gasteiger partial charge in [-0.2, -0.15) is 5.10 Å². The number of nitrogens with zero attached hydrogens (tertiary/aromatic N) is 2. The van der Waals surface area contributed by atoms with Gasteiger partial charge in [-0.15, -0.1) is 0 Å². The van der Waals surface area contributed by atoms with Gasteiger partial charge in [-0.25, -0.2) is 5.10 Å². The summed E-state index contributed by atoms with van der Waals surface area (Å²) in [6.07, 6.45) is 4.24. The van der Waals surface area contributed by atoms with E-state index < -0.39 is 0 Å². The van der Waals surface area contributed by atoms with Crippen LogP contribution in [-0.4, -0.2) is 53.9 Å². The van der Waals surface area contributed by atoms with Crippen molar-refractivity contribution in [2.24, 2.45) is 0 Å². The Bertz CT molecular complexity index is 903. The summed E-state index contributed by atoms with van der Waals surface area (Å²) in [5, 5.41) is 9.93. The second-order valence-electron chi connectivity index (χ2n) is 7.40. The number of benzene rings is 1. The molecule has 2 heterocycles. The zero-order valence-corrected chi connectivity index (χ0v) is 16.0. The number of carbonyl (C=O) groups excluding carboxylic acids is 1. The fourth-order valence-corrected chi connectivity index (χ4v) is 3.95. The highest BCUT2D eigenvalue weighted by molar-refractivity contribution is 5.91. The number of H-pyrrole nitrogens is 1. The third-order valence-electron chi connectivity index (χ3n) is 5.48. The lowest BCUT2D eigenvalue weighted by molar-refractivity contribution is -0.116. The minimum atomic E-state index is -0.0778. The van der Waals surface area contributed by atoms with Gasteiger partial charge in [-0.1, -0.05) is 12.1 Å². The van der Waals surface area contributed by atoms with E-state index in [-0.39, 0.29) is 11.5 Å². The van der Waals surface area contributed by atoms with Crippen molar-refractivity contribution in [1.29, 1.82) is 0 Å². The lowest BCUT2D eigenvalue weighted by Gasteiger charge is -2.26. The number of rotatable bonds is 5. The van der Waals surface area contributed by atoms with Crippen molar-refractivity contribution in [2.75, 3.05) is 38.2 Å². The van der Waals surface area contributed by atoms with Crippen molar-refractivity contribution in [1.82, 2.24) is 15.1 Å². The molecular weight excluding hydrogens is 356 g/mol. The van der Waals surface area contributed by atoms with Crippen LogP contribution in [0, 0.1) is 0 Å². The third-order valence-corrected chi connectivity index (χ3v) is 5.48. The first kappa shape index (κ1) is 18.8. The van der Waals surface area contributed by atoms with Crippen molar-refractivity contribution in [3.63, 3.8) is 0 Å². The number of morpholine rings is 1. The minimum absolute atomic E-state index is 0.0000912. The summed E-state index contributed by atoms with van der Waals surface area (Å²) in [6.45, 7) is 3.97. The SMILES string of the molecule is O=C(CCN1CCOCC1)Nc1cccc(-c2n[nH]c(=O)c3c2CCCC3)c1. The molecule has 0 unspecified atom stereocenters. The first-order chi connectivity index (χ1) is 13.7. The fourth-order valence-electron chi connectivity index (χ4n) is 3.95. The lowest BCUT2D eigenvalue weighted by Crippen LogP contribution is -2.38. The van der Waals surface area contributed by atoms with Crippen LogP contribution >= 0.6 is 0 Å². The summed E-state index contributed by atoms with van der Waals surface area (Å²) < 4.78 is 5.33. The van der Waals surface area contributed by atoms with Crippen LogP contribution < -0.4 is 10.9 Å². The van der Waals surface area contributed by atoms with E-state index in [2.05, 4.69) is 20.4 Å². The second-order valence-corrected chi connectivity index (χ2v) is 7.40. The number of hydrogen-bond donors (Lipinski definition) is 2. The standard InChI is InChI=1S/C21H26N4O3/c26-19(8-9-25-10-12-28-13-11-25)22-16-5-3-4-15(14-16)20-17-6-1-2-7-18(17)21(27)24-23-20/h3-5,14H,1-2,6-13H2,(H,22,26)(H,24,27). The predicted molar refractivity (Wildman–Crippen MR) is 107 cm³/mol. The maximum atomic E-state index is 12.3. The number of ether oxygens (including phenoxy) is 1. The second kappa shape index (κ2) is 8.67. The number of nitrogens with one attached hydrogen (secondary N) is 2. The number of amides is 1. The molecule has 1 fully saturated rings. The normalized spacial score (nSPS) is 17.1. The molecule has 7 heteroatoms. The van der Waals surface area contributed by atoms with E-state index in [9.17, 15) is 9.59 Å². The highest BCUT2D eigenvalue weighted by Crippen LogP contribution is 2.29. The molecule has 2 aromatic rings. The zero-order valence-electron chi connectivity index (χ0n) is 16.0. The van der Waals surface area contributed by atoms with Gasteiger partial charge in [-0.05, 0) is 43.4 Å². The molecule has 0 spiro atoms. The Balaban J connectivity index is 1.46. The highest BCUT2D eigenvalue weighted by atomic mass is 16.5. The van der Waals surface area contributed by atoms with Crippen LogP contribution in [-0.2, 0) is 22.4 Å². The molecule has 1 amide bonds. The predicted octanol–water partition coefficient (Wildman–Crippen LogP) is 1.98. The monoisotopic (exact) mass is 382 g/mol. The number of anilines is 1. The van der Waals surface area contributed by atoms with E-state index >= 15 is 0 Å². The first-order valence-corrected chi connectivity index (χ1v) is 10.0. The largest absolute Gasteiger partial charge is 0.379 e. The van der Waals surface area contributed by atoms with E-state index in [0.29, 0.717) is 6.42 Å². The summed E-state index contributed by atoms with van der Waals surface area (Å²) in [7, 11) is 0. The van der Waals surface area contributed by atoms with Gasteiger partial charge >= 0.3 is 0 Å². The molecule has 2 N–H and O–H groups in total. The minimum Gasteiger partial charge on any atom is -0.379 e. The Labute approximate surface area is 164 Å². The van der Waals surface area contributed by atoms with Crippen LogP contribution in [0.4, 0.5) is 5.69 Å². The van der Waals surface area contributed by atoms with Gasteiger partial charge in [0, 0.05) is 42.9 Å². The number of aromatic nitrogens is 2. The third kappa shape index (κ3) is 4.31. The quantitative estimate of drug-likeness (QED) is 0.826. The molecule has 1 aliphatic carbocycles. The molecule has 0 radical (unpaired) electrons. The molecule has 1 aliphatic heterocycles. The molecular formula is C21H26N4O3. The van der Waals surface area contributed by atoms with Crippen molar-refractivity contribution < 1.29 is 9.53 Å². The van der Waals surface area contributed by atoms with E-state index in [1.54, 1.807) is 0 Å².